The summed E-state index contributed by atoms with van der Waals surface area (Å²) in [6.45, 7) is 0. The minimum absolute atomic E-state index is 0.347. The lowest BCUT2D eigenvalue weighted by molar-refractivity contribution is -0.955. The van der Waals surface area contributed by atoms with E-state index in [9.17, 15) is 0 Å². The molecule has 0 aliphatic carbocycles. The van der Waals surface area contributed by atoms with Crippen LogP contribution in [-0.2, 0) is 5.66 Å². The van der Waals surface area contributed by atoms with E-state index < -0.39 is 0 Å². The Morgan fingerprint density at radius 2 is 1.08 bits per heavy atom. The molecule has 0 radical (unpaired) electrons. The van der Waals surface area contributed by atoms with Gasteiger partial charge in [-0.2, -0.15) is 0 Å². The van der Waals surface area contributed by atoms with E-state index in [1.165, 1.54) is 33.6 Å². The lowest BCUT2D eigenvalue weighted by Gasteiger charge is -2.17. The fourth-order valence-electron chi connectivity index (χ4n) is 4.69. The summed E-state index contributed by atoms with van der Waals surface area (Å²) in [4.78, 5) is 0. The first-order valence-corrected chi connectivity index (χ1v) is 8.64. The lowest BCUT2D eigenvalue weighted by atomic mass is 9.89. The van der Waals surface area contributed by atoms with Crippen molar-refractivity contribution in [3.63, 3.8) is 0 Å². The van der Waals surface area contributed by atoms with Gasteiger partial charge in [-0.25, -0.2) is 0 Å². The topological polar surface area (TPSA) is 7.76 Å². The summed E-state index contributed by atoms with van der Waals surface area (Å²) in [5.41, 5.74) is 7.51. The fraction of sp³-hybridized carbons (Fsp3) is 0.0435. The van der Waals surface area contributed by atoms with Gasteiger partial charge in [0.05, 0.1) is 11.1 Å². The molecule has 2 aromatic carbocycles. The molecule has 0 saturated carbocycles. The highest BCUT2D eigenvalue weighted by Crippen LogP contribution is 2.48. The number of hydrogen-bond acceptors (Lipinski definition) is 0. The van der Waals surface area contributed by atoms with Crippen LogP contribution in [0.5, 0.6) is 0 Å². The van der Waals surface area contributed by atoms with Gasteiger partial charge in [0.2, 0.25) is 11.4 Å². The monoisotopic (exact) mass is 320 g/mol. The van der Waals surface area contributed by atoms with Gasteiger partial charge >= 0.3 is 5.66 Å². The lowest BCUT2D eigenvalue weighted by Crippen LogP contribution is -2.71. The van der Waals surface area contributed by atoms with E-state index in [1.54, 1.807) is 0 Å². The Morgan fingerprint density at radius 3 is 1.68 bits per heavy atom. The Morgan fingerprint density at radius 1 is 0.520 bits per heavy atom. The zero-order chi connectivity index (χ0) is 16.4. The summed E-state index contributed by atoms with van der Waals surface area (Å²) in [5, 5.41) is 0. The van der Waals surface area contributed by atoms with E-state index in [0.717, 1.165) is 0 Å². The molecule has 0 N–H and O–H groups in total. The largest absolute Gasteiger partial charge is 0.417 e. The van der Waals surface area contributed by atoms with E-state index in [0.29, 0.717) is 0 Å². The third-order valence-corrected chi connectivity index (χ3v) is 5.56. The number of benzene rings is 2. The molecule has 0 amide bonds. The number of nitrogens with zero attached hydrogens (tertiary/aromatic N) is 2. The Bertz CT molecular complexity index is 1080. The molecule has 0 saturated heterocycles. The minimum atomic E-state index is -0.347. The van der Waals surface area contributed by atoms with Gasteiger partial charge in [-0.1, -0.05) is 24.3 Å². The van der Waals surface area contributed by atoms with E-state index >= 15 is 0 Å². The first-order valence-electron chi connectivity index (χ1n) is 8.64. The zero-order valence-corrected chi connectivity index (χ0v) is 13.6. The first-order chi connectivity index (χ1) is 12.4. The number of fused-ring (bicyclic) bond motifs is 6. The molecule has 4 heterocycles. The van der Waals surface area contributed by atoms with Crippen molar-refractivity contribution >= 4 is 0 Å². The maximum Gasteiger partial charge on any atom is 0.417 e. The predicted octanol–water partition coefficient (Wildman–Crippen LogP) is 3.52. The average Bonchev–Trinajstić information content (AvgIpc) is 3.17. The van der Waals surface area contributed by atoms with Gasteiger partial charge in [0.15, 0.2) is 12.4 Å². The standard InChI is InChI=1S/C23H16N2/c1-2-9-17(10-3-1)23-22-18(20-13-4-6-15-24(20)23)11-8-12-19(22)21-14-5-7-16-25(21)23/h1-16H/q+2. The molecule has 0 fully saturated rings. The van der Waals surface area contributed by atoms with E-state index in [-0.39, 0.29) is 5.66 Å². The minimum Gasteiger partial charge on any atom is -0.126 e. The second kappa shape index (κ2) is 4.42. The number of rotatable bonds is 1. The van der Waals surface area contributed by atoms with Crippen LogP contribution in [0, 0.1) is 0 Å². The molecular formula is C23H16N2+2. The molecule has 0 unspecified atom stereocenters. The van der Waals surface area contributed by atoms with Crippen LogP contribution in [-0.4, -0.2) is 0 Å². The third kappa shape index (κ3) is 1.38. The number of pyridine rings is 2. The van der Waals surface area contributed by atoms with Crippen LogP contribution in [0.1, 0.15) is 11.1 Å². The molecule has 0 spiro atoms. The molecule has 2 aromatic heterocycles. The van der Waals surface area contributed by atoms with Gasteiger partial charge < -0.3 is 0 Å². The molecule has 2 aliphatic heterocycles. The summed E-state index contributed by atoms with van der Waals surface area (Å²) in [6.07, 6.45) is 4.42. The second-order valence-electron chi connectivity index (χ2n) is 6.68. The summed E-state index contributed by atoms with van der Waals surface area (Å²) in [6, 6.07) is 30.5. The van der Waals surface area contributed by atoms with E-state index in [1.807, 2.05) is 0 Å². The van der Waals surface area contributed by atoms with Crippen molar-refractivity contribution in [2.75, 3.05) is 0 Å². The average molecular weight is 320 g/mol. The summed E-state index contributed by atoms with van der Waals surface area (Å²) in [5.74, 6) is 0. The van der Waals surface area contributed by atoms with E-state index in [4.69, 9.17) is 0 Å². The summed E-state index contributed by atoms with van der Waals surface area (Å²) in [7, 11) is 0. The maximum absolute atomic E-state index is 2.42. The molecule has 2 nitrogen and oxygen atoms in total. The highest BCUT2D eigenvalue weighted by molar-refractivity contribution is 5.79. The van der Waals surface area contributed by atoms with Crippen molar-refractivity contribution in [3.05, 3.63) is 108 Å². The Balaban J connectivity index is 1.89. The number of hydrogen-bond donors (Lipinski definition) is 0. The normalized spacial score (nSPS) is 14.7. The smallest absolute Gasteiger partial charge is 0.126 e. The van der Waals surface area contributed by atoms with Crippen LogP contribution in [0.4, 0.5) is 0 Å². The van der Waals surface area contributed by atoms with Crippen LogP contribution >= 0.6 is 0 Å². The van der Waals surface area contributed by atoms with Gasteiger partial charge in [0.25, 0.3) is 0 Å². The van der Waals surface area contributed by atoms with Gasteiger partial charge in [-0.3, -0.25) is 0 Å². The molecule has 0 atom stereocenters. The van der Waals surface area contributed by atoms with Crippen LogP contribution < -0.4 is 9.13 Å². The highest BCUT2D eigenvalue weighted by atomic mass is 15.3. The van der Waals surface area contributed by atoms with Crippen molar-refractivity contribution < 1.29 is 9.13 Å². The van der Waals surface area contributed by atoms with Gasteiger partial charge in [-0.05, 0) is 36.4 Å². The fourth-order valence-corrected chi connectivity index (χ4v) is 4.69. The Hall–Kier alpha value is -3.26. The molecule has 2 heteroatoms. The first kappa shape index (κ1) is 13.1. The molecule has 116 valence electrons. The number of aromatic nitrogens is 2. The summed E-state index contributed by atoms with van der Waals surface area (Å²) < 4.78 is 4.85. The van der Waals surface area contributed by atoms with Gasteiger partial charge in [-0.15, -0.1) is 9.13 Å². The third-order valence-electron chi connectivity index (χ3n) is 5.56. The SMILES string of the molecule is c1ccc(C23c4c(cccc4-c4cccc[n+]42)-c2cccc[n+]23)cc1. The molecule has 4 aromatic rings. The Labute approximate surface area is 146 Å². The second-order valence-corrected chi connectivity index (χ2v) is 6.68. The van der Waals surface area contributed by atoms with Crippen molar-refractivity contribution in [1.29, 1.82) is 0 Å². The van der Waals surface area contributed by atoms with Gasteiger partial charge in [0, 0.05) is 24.3 Å². The van der Waals surface area contributed by atoms with Crippen LogP contribution in [0.25, 0.3) is 22.5 Å². The molecule has 25 heavy (non-hydrogen) atoms. The maximum atomic E-state index is 2.42. The molecule has 2 aliphatic rings. The quantitative estimate of drug-likeness (QED) is 0.410. The van der Waals surface area contributed by atoms with Crippen molar-refractivity contribution in [3.8, 4) is 22.5 Å². The Kier molecular flexibility index (Phi) is 2.31. The van der Waals surface area contributed by atoms with Crippen molar-refractivity contribution in [2.24, 2.45) is 0 Å². The molecular weight excluding hydrogens is 304 g/mol. The van der Waals surface area contributed by atoms with Crippen molar-refractivity contribution in [2.45, 2.75) is 5.66 Å². The highest BCUT2D eigenvalue weighted by Gasteiger charge is 2.66. The van der Waals surface area contributed by atoms with Crippen molar-refractivity contribution in [1.82, 2.24) is 0 Å². The van der Waals surface area contributed by atoms with E-state index in [2.05, 4.69) is 106 Å². The molecule has 0 bridgehead atoms. The zero-order valence-electron chi connectivity index (χ0n) is 13.6. The van der Waals surface area contributed by atoms with Crippen LogP contribution in [0.15, 0.2) is 97.3 Å². The van der Waals surface area contributed by atoms with Gasteiger partial charge in [0.1, 0.15) is 11.1 Å². The van der Waals surface area contributed by atoms with Crippen LogP contribution in [0.2, 0.25) is 0 Å². The molecule has 6 rings (SSSR count). The summed E-state index contributed by atoms with van der Waals surface area (Å²) >= 11 is 0. The van der Waals surface area contributed by atoms with Crippen LogP contribution in [0.3, 0.4) is 0 Å². The predicted molar refractivity (Wildman–Crippen MR) is 95.7 cm³/mol.